The third-order valence-corrected chi connectivity index (χ3v) is 3.96. The van der Waals surface area contributed by atoms with Crippen molar-refractivity contribution in [2.24, 2.45) is 0 Å². The molecule has 0 aliphatic heterocycles. The average Bonchev–Trinajstić information content (AvgIpc) is 2.51. The second-order valence-electron chi connectivity index (χ2n) is 4.38. The van der Waals surface area contributed by atoms with Crippen molar-refractivity contribution in [2.75, 3.05) is 0 Å². The van der Waals surface area contributed by atoms with Gasteiger partial charge in [0, 0.05) is 6.07 Å². The van der Waals surface area contributed by atoms with Crippen LogP contribution >= 0.6 is 34.8 Å². The Morgan fingerprint density at radius 3 is 2.59 bits per heavy atom. The molecule has 8 heteroatoms. The number of rotatable bonds is 3. The van der Waals surface area contributed by atoms with Crippen LogP contribution in [0.15, 0.2) is 41.2 Å². The zero-order valence-corrected chi connectivity index (χ0v) is 13.2. The van der Waals surface area contributed by atoms with Crippen molar-refractivity contribution in [3.05, 3.63) is 61.8 Å². The van der Waals surface area contributed by atoms with Crippen LogP contribution in [-0.4, -0.2) is 15.0 Å². The van der Waals surface area contributed by atoms with Crippen LogP contribution in [0.1, 0.15) is 0 Å². The summed E-state index contributed by atoms with van der Waals surface area (Å²) in [7, 11) is 0. The summed E-state index contributed by atoms with van der Waals surface area (Å²) in [5.41, 5.74) is 0.220. The molecule has 1 heterocycles. The average molecular weight is 357 g/mol. The zero-order chi connectivity index (χ0) is 15.7. The summed E-state index contributed by atoms with van der Waals surface area (Å²) in [4.78, 5) is 12.3. The van der Waals surface area contributed by atoms with E-state index in [1.807, 2.05) is 0 Å². The molecule has 3 rings (SSSR count). The first kappa shape index (κ1) is 15.1. The maximum atomic E-state index is 12.3. The van der Waals surface area contributed by atoms with Crippen LogP contribution in [0.3, 0.4) is 0 Å². The molecule has 112 valence electrons. The number of aromatic nitrogens is 3. The number of fused-ring (bicyclic) bond motifs is 1. The van der Waals surface area contributed by atoms with Gasteiger partial charge in [0.1, 0.15) is 11.3 Å². The number of benzene rings is 2. The van der Waals surface area contributed by atoms with Crippen molar-refractivity contribution < 1.29 is 4.74 Å². The Labute approximate surface area is 140 Å². The molecule has 1 aromatic heterocycles. The van der Waals surface area contributed by atoms with Crippen molar-refractivity contribution in [1.82, 2.24) is 15.0 Å². The van der Waals surface area contributed by atoms with Gasteiger partial charge in [0.05, 0.1) is 20.5 Å². The van der Waals surface area contributed by atoms with Gasteiger partial charge in [-0.25, -0.2) is 0 Å². The van der Waals surface area contributed by atoms with Crippen LogP contribution < -0.4 is 10.3 Å². The normalized spacial score (nSPS) is 10.9. The quantitative estimate of drug-likeness (QED) is 0.670. The van der Waals surface area contributed by atoms with Crippen LogP contribution in [0.5, 0.6) is 5.75 Å². The lowest BCUT2D eigenvalue weighted by Gasteiger charge is -2.10. The summed E-state index contributed by atoms with van der Waals surface area (Å²) in [6.45, 7) is -0.144. The standard InChI is InChI=1S/C14H8Cl3N3O2/c15-9-5-11(17)13(6-10(9)16)22-7-20-14(21)8-3-1-2-4-12(8)18-19-20/h1-6H,7H2. The molecule has 0 radical (unpaired) electrons. The number of ether oxygens (including phenoxy) is 1. The van der Waals surface area contributed by atoms with E-state index in [0.29, 0.717) is 26.7 Å². The van der Waals surface area contributed by atoms with Gasteiger partial charge in [-0.1, -0.05) is 52.1 Å². The molecule has 0 unspecified atom stereocenters. The lowest BCUT2D eigenvalue weighted by molar-refractivity contribution is 0.211. The van der Waals surface area contributed by atoms with Crippen LogP contribution in [0.25, 0.3) is 10.9 Å². The van der Waals surface area contributed by atoms with Gasteiger partial charge in [-0.15, -0.1) is 5.10 Å². The van der Waals surface area contributed by atoms with Crippen LogP contribution in [-0.2, 0) is 6.73 Å². The first-order chi connectivity index (χ1) is 10.6. The van der Waals surface area contributed by atoms with E-state index in [2.05, 4.69) is 10.3 Å². The number of nitrogens with zero attached hydrogens (tertiary/aromatic N) is 3. The molecular formula is C14H8Cl3N3O2. The molecule has 22 heavy (non-hydrogen) atoms. The predicted molar refractivity (Wildman–Crippen MR) is 85.9 cm³/mol. The van der Waals surface area contributed by atoms with E-state index in [1.165, 1.54) is 12.1 Å². The molecule has 0 saturated carbocycles. The molecule has 0 atom stereocenters. The highest BCUT2D eigenvalue weighted by atomic mass is 35.5. The second kappa shape index (κ2) is 6.12. The van der Waals surface area contributed by atoms with Gasteiger partial charge in [0.2, 0.25) is 0 Å². The highest BCUT2D eigenvalue weighted by Gasteiger charge is 2.09. The van der Waals surface area contributed by atoms with Gasteiger partial charge in [-0.2, -0.15) is 4.68 Å². The second-order valence-corrected chi connectivity index (χ2v) is 5.60. The van der Waals surface area contributed by atoms with Gasteiger partial charge in [-0.3, -0.25) is 4.79 Å². The molecular weight excluding hydrogens is 349 g/mol. The fraction of sp³-hybridized carbons (Fsp3) is 0.0714. The Morgan fingerprint density at radius 2 is 1.77 bits per heavy atom. The summed E-state index contributed by atoms with van der Waals surface area (Å²) in [5.74, 6) is 0.304. The summed E-state index contributed by atoms with van der Waals surface area (Å²) < 4.78 is 6.57. The number of hydrogen-bond acceptors (Lipinski definition) is 4. The zero-order valence-electron chi connectivity index (χ0n) is 11.0. The summed E-state index contributed by atoms with van der Waals surface area (Å²) in [6, 6.07) is 9.88. The molecule has 0 bridgehead atoms. The molecule has 0 amide bonds. The van der Waals surface area contributed by atoms with E-state index in [1.54, 1.807) is 24.3 Å². The van der Waals surface area contributed by atoms with Gasteiger partial charge < -0.3 is 4.74 Å². The lowest BCUT2D eigenvalue weighted by atomic mass is 10.2. The Hall–Kier alpha value is -1.82. The Balaban J connectivity index is 1.90. The number of halogens is 3. The van der Waals surface area contributed by atoms with Gasteiger partial charge in [0.15, 0.2) is 6.73 Å². The molecule has 2 aromatic carbocycles. The third kappa shape index (κ3) is 2.88. The minimum atomic E-state index is -0.304. The molecule has 0 fully saturated rings. The summed E-state index contributed by atoms with van der Waals surface area (Å²) in [6.07, 6.45) is 0. The summed E-state index contributed by atoms with van der Waals surface area (Å²) in [5, 5.41) is 9.15. The van der Waals surface area contributed by atoms with Crippen LogP contribution in [0.4, 0.5) is 0 Å². The largest absolute Gasteiger partial charge is 0.469 e. The van der Waals surface area contributed by atoms with Crippen molar-refractivity contribution in [2.45, 2.75) is 6.73 Å². The first-order valence-electron chi connectivity index (χ1n) is 6.16. The Kier molecular flexibility index (Phi) is 4.20. The maximum Gasteiger partial charge on any atom is 0.280 e. The van der Waals surface area contributed by atoms with E-state index in [0.717, 1.165) is 4.68 Å². The topological polar surface area (TPSA) is 57.0 Å². The smallest absolute Gasteiger partial charge is 0.280 e. The molecule has 0 N–H and O–H groups in total. The van der Waals surface area contributed by atoms with Crippen molar-refractivity contribution in [3.63, 3.8) is 0 Å². The maximum absolute atomic E-state index is 12.3. The van der Waals surface area contributed by atoms with Crippen LogP contribution in [0, 0.1) is 0 Å². The first-order valence-corrected chi connectivity index (χ1v) is 7.29. The van der Waals surface area contributed by atoms with E-state index in [-0.39, 0.29) is 17.3 Å². The van der Waals surface area contributed by atoms with E-state index in [4.69, 9.17) is 39.5 Å². The highest BCUT2D eigenvalue weighted by molar-refractivity contribution is 6.43. The molecule has 0 saturated heterocycles. The molecule has 0 aliphatic rings. The van der Waals surface area contributed by atoms with E-state index < -0.39 is 0 Å². The lowest BCUT2D eigenvalue weighted by Crippen LogP contribution is -2.26. The molecule has 5 nitrogen and oxygen atoms in total. The minimum Gasteiger partial charge on any atom is -0.469 e. The monoisotopic (exact) mass is 355 g/mol. The summed E-state index contributed by atoms with van der Waals surface area (Å²) >= 11 is 17.8. The SMILES string of the molecule is O=c1c2ccccc2nnn1COc1cc(Cl)c(Cl)cc1Cl. The molecule has 0 aliphatic carbocycles. The van der Waals surface area contributed by atoms with Crippen molar-refractivity contribution >= 4 is 45.7 Å². The van der Waals surface area contributed by atoms with Gasteiger partial charge in [-0.05, 0) is 18.2 Å². The fourth-order valence-corrected chi connectivity index (χ4v) is 2.44. The molecule has 0 spiro atoms. The molecule has 3 aromatic rings. The predicted octanol–water partition coefficient (Wildman–Crippen LogP) is 3.79. The number of hydrogen-bond donors (Lipinski definition) is 0. The van der Waals surface area contributed by atoms with Crippen molar-refractivity contribution in [3.8, 4) is 5.75 Å². The third-order valence-electron chi connectivity index (χ3n) is 2.95. The van der Waals surface area contributed by atoms with Gasteiger partial charge in [0.25, 0.3) is 5.56 Å². The van der Waals surface area contributed by atoms with E-state index >= 15 is 0 Å². The van der Waals surface area contributed by atoms with Crippen LogP contribution in [0.2, 0.25) is 15.1 Å². The highest BCUT2D eigenvalue weighted by Crippen LogP contribution is 2.33. The van der Waals surface area contributed by atoms with E-state index in [9.17, 15) is 4.79 Å². The Bertz CT molecular complexity index is 911. The fourth-order valence-electron chi connectivity index (χ4n) is 1.85. The minimum absolute atomic E-state index is 0.144. The van der Waals surface area contributed by atoms with Crippen molar-refractivity contribution in [1.29, 1.82) is 0 Å². The van der Waals surface area contributed by atoms with Gasteiger partial charge >= 0.3 is 0 Å². The Morgan fingerprint density at radius 1 is 1.05 bits per heavy atom.